The second-order valence-corrected chi connectivity index (χ2v) is 6.87. The van der Waals surface area contributed by atoms with Gasteiger partial charge in [-0.1, -0.05) is 6.92 Å². The van der Waals surface area contributed by atoms with Gasteiger partial charge in [-0.25, -0.2) is 4.39 Å². The van der Waals surface area contributed by atoms with Crippen molar-refractivity contribution in [1.82, 2.24) is 10.2 Å². The maximum atomic E-state index is 13.2. The van der Waals surface area contributed by atoms with Gasteiger partial charge in [0.05, 0.1) is 12.6 Å². The van der Waals surface area contributed by atoms with Gasteiger partial charge in [0.2, 0.25) is 11.8 Å². The van der Waals surface area contributed by atoms with Gasteiger partial charge in [0, 0.05) is 19.5 Å². The van der Waals surface area contributed by atoms with Crippen LogP contribution in [0.4, 0.5) is 4.39 Å². The van der Waals surface area contributed by atoms with Gasteiger partial charge in [0.25, 0.3) is 0 Å². The highest BCUT2D eigenvalue weighted by Crippen LogP contribution is 2.32. The molecule has 2 rings (SSSR count). The van der Waals surface area contributed by atoms with Crippen LogP contribution in [0.25, 0.3) is 0 Å². The third-order valence-electron chi connectivity index (χ3n) is 5.22. The molecule has 3 atom stereocenters. The third-order valence-corrected chi connectivity index (χ3v) is 5.22. The summed E-state index contributed by atoms with van der Waals surface area (Å²) in [5, 5.41) is 2.96. The normalized spacial score (nSPS) is 31.6. The minimum absolute atomic E-state index is 0.0122. The number of nitrogens with one attached hydrogen (secondary N) is 1. The predicted octanol–water partition coefficient (Wildman–Crippen LogP) is 1.22. The van der Waals surface area contributed by atoms with Gasteiger partial charge in [-0.2, -0.15) is 0 Å². The summed E-state index contributed by atoms with van der Waals surface area (Å²) >= 11 is 0. The Morgan fingerprint density at radius 3 is 2.36 bits per heavy atom. The molecule has 1 aliphatic carbocycles. The molecule has 0 spiro atoms. The van der Waals surface area contributed by atoms with E-state index in [1.54, 1.807) is 4.90 Å². The average molecular weight is 313 g/mol. The highest BCUT2D eigenvalue weighted by Gasteiger charge is 2.35. The Bertz CT molecular complexity index is 410. The van der Waals surface area contributed by atoms with Crippen LogP contribution in [-0.4, -0.2) is 48.1 Å². The van der Waals surface area contributed by atoms with Crippen molar-refractivity contribution in [3.8, 4) is 0 Å². The zero-order valence-corrected chi connectivity index (χ0v) is 13.6. The van der Waals surface area contributed by atoms with E-state index in [0.717, 1.165) is 25.7 Å². The van der Waals surface area contributed by atoms with E-state index in [9.17, 15) is 14.0 Å². The molecule has 1 heterocycles. The molecule has 5 nitrogen and oxygen atoms in total. The van der Waals surface area contributed by atoms with Gasteiger partial charge in [-0.05, 0) is 43.9 Å². The van der Waals surface area contributed by atoms with Crippen LogP contribution in [-0.2, 0) is 9.59 Å². The molecule has 1 saturated heterocycles. The van der Waals surface area contributed by atoms with Gasteiger partial charge < -0.3 is 16.0 Å². The Hall–Kier alpha value is -1.17. The number of hydrogen-bond donors (Lipinski definition) is 2. The summed E-state index contributed by atoms with van der Waals surface area (Å²) < 4.78 is 13.2. The molecule has 22 heavy (non-hydrogen) atoms. The molecule has 2 amide bonds. The van der Waals surface area contributed by atoms with E-state index >= 15 is 0 Å². The Balaban J connectivity index is 1.82. The maximum Gasteiger partial charge on any atom is 0.239 e. The van der Waals surface area contributed by atoms with E-state index in [-0.39, 0.29) is 30.3 Å². The van der Waals surface area contributed by atoms with E-state index in [1.165, 1.54) is 6.92 Å². The number of rotatable bonds is 4. The van der Waals surface area contributed by atoms with E-state index in [0.29, 0.717) is 18.9 Å². The molecule has 0 aromatic carbocycles. The minimum Gasteiger partial charge on any atom is -0.354 e. The molecule has 1 saturated carbocycles. The predicted molar refractivity (Wildman–Crippen MR) is 82.8 cm³/mol. The molecule has 2 fully saturated rings. The number of hydrogen-bond acceptors (Lipinski definition) is 3. The Morgan fingerprint density at radius 2 is 1.86 bits per heavy atom. The highest BCUT2D eigenvalue weighted by molar-refractivity contribution is 5.82. The van der Waals surface area contributed by atoms with E-state index < -0.39 is 12.2 Å². The quantitative estimate of drug-likeness (QED) is 0.819. The average Bonchev–Trinajstić information content (AvgIpc) is 2.91. The van der Waals surface area contributed by atoms with Crippen molar-refractivity contribution in [2.45, 2.75) is 64.2 Å². The lowest BCUT2D eigenvalue weighted by Gasteiger charge is -2.35. The largest absolute Gasteiger partial charge is 0.354 e. The summed E-state index contributed by atoms with van der Waals surface area (Å²) in [5.74, 6) is 0.381. The number of amides is 2. The van der Waals surface area contributed by atoms with Gasteiger partial charge >= 0.3 is 0 Å². The van der Waals surface area contributed by atoms with Crippen molar-refractivity contribution in [1.29, 1.82) is 0 Å². The van der Waals surface area contributed by atoms with Crippen LogP contribution in [0.2, 0.25) is 0 Å². The number of likely N-dealkylation sites (tertiary alicyclic amines) is 1. The fraction of sp³-hybridized carbons (Fsp3) is 0.875. The van der Waals surface area contributed by atoms with Crippen LogP contribution >= 0.6 is 0 Å². The molecule has 0 bridgehead atoms. The van der Waals surface area contributed by atoms with Crippen LogP contribution in [0.3, 0.4) is 0 Å². The van der Waals surface area contributed by atoms with Crippen molar-refractivity contribution in [3.63, 3.8) is 0 Å². The minimum atomic E-state index is -0.903. The van der Waals surface area contributed by atoms with Crippen LogP contribution in [0.1, 0.15) is 46.0 Å². The molecule has 0 aromatic heterocycles. The molecule has 1 aliphatic heterocycles. The van der Waals surface area contributed by atoms with Gasteiger partial charge in [-0.3, -0.25) is 9.59 Å². The van der Waals surface area contributed by atoms with Crippen LogP contribution in [0.5, 0.6) is 0 Å². The summed E-state index contributed by atoms with van der Waals surface area (Å²) in [6, 6.07) is -0.300. The molecular weight excluding hydrogens is 285 g/mol. The molecule has 0 aromatic rings. The Kier molecular flexibility index (Phi) is 5.78. The second kappa shape index (κ2) is 7.40. The van der Waals surface area contributed by atoms with E-state index in [2.05, 4.69) is 5.32 Å². The standard InChI is InChI=1S/C16H28FN3O2/c1-10(12-3-5-14(6-4-12)19-11(2)21)15(18)16(22)20-8-7-13(17)9-20/h10,12-15H,3-9,18H2,1-2H3,(H,19,21)/t10-,12?,13-,14?,15-/m0/s1. The van der Waals surface area contributed by atoms with Gasteiger partial charge in [0.1, 0.15) is 6.17 Å². The van der Waals surface area contributed by atoms with Crippen molar-refractivity contribution >= 4 is 11.8 Å². The molecule has 2 aliphatic rings. The lowest BCUT2D eigenvalue weighted by atomic mass is 9.76. The summed E-state index contributed by atoms with van der Waals surface area (Å²) in [6.07, 6.45) is 3.34. The molecule has 0 radical (unpaired) electrons. The topological polar surface area (TPSA) is 75.4 Å². The van der Waals surface area contributed by atoms with Crippen molar-refractivity contribution in [2.24, 2.45) is 17.6 Å². The fourth-order valence-electron chi connectivity index (χ4n) is 3.72. The van der Waals surface area contributed by atoms with E-state index in [1.807, 2.05) is 6.92 Å². The fourth-order valence-corrected chi connectivity index (χ4v) is 3.72. The first-order valence-electron chi connectivity index (χ1n) is 8.34. The summed E-state index contributed by atoms with van der Waals surface area (Å²) in [4.78, 5) is 25.0. The number of carbonyl (C=O) groups excluding carboxylic acids is 2. The summed E-state index contributed by atoms with van der Waals surface area (Å²) in [5.41, 5.74) is 6.15. The second-order valence-electron chi connectivity index (χ2n) is 6.87. The highest BCUT2D eigenvalue weighted by atomic mass is 19.1. The number of alkyl halides is 1. The molecule has 0 unspecified atom stereocenters. The molecular formula is C16H28FN3O2. The number of halogens is 1. The van der Waals surface area contributed by atoms with Gasteiger partial charge in [0.15, 0.2) is 0 Å². The SMILES string of the molecule is CC(=O)NC1CCC([C@H](C)[C@H](N)C(=O)N2CC[C@H](F)C2)CC1. The number of nitrogens with zero attached hydrogens (tertiary/aromatic N) is 1. The monoisotopic (exact) mass is 313 g/mol. The van der Waals surface area contributed by atoms with Crippen LogP contribution in [0, 0.1) is 11.8 Å². The number of nitrogens with two attached hydrogens (primary N) is 1. The van der Waals surface area contributed by atoms with Gasteiger partial charge in [-0.15, -0.1) is 0 Å². The van der Waals surface area contributed by atoms with Crippen LogP contribution in [0.15, 0.2) is 0 Å². The summed E-state index contributed by atoms with van der Waals surface area (Å²) in [6.45, 7) is 4.23. The van der Waals surface area contributed by atoms with Crippen LogP contribution < -0.4 is 11.1 Å². The lowest BCUT2D eigenvalue weighted by Crippen LogP contribution is -2.49. The maximum absolute atomic E-state index is 13.2. The van der Waals surface area contributed by atoms with Crippen molar-refractivity contribution in [3.05, 3.63) is 0 Å². The van der Waals surface area contributed by atoms with Crippen molar-refractivity contribution < 1.29 is 14.0 Å². The zero-order chi connectivity index (χ0) is 16.3. The first kappa shape index (κ1) is 17.2. The Labute approximate surface area is 131 Å². The molecule has 6 heteroatoms. The first-order valence-corrected chi connectivity index (χ1v) is 8.34. The molecule has 126 valence electrons. The smallest absolute Gasteiger partial charge is 0.239 e. The first-order chi connectivity index (χ1) is 10.4. The number of carbonyl (C=O) groups is 2. The zero-order valence-electron chi connectivity index (χ0n) is 13.6. The van der Waals surface area contributed by atoms with Crippen molar-refractivity contribution in [2.75, 3.05) is 13.1 Å². The third kappa shape index (κ3) is 4.18. The summed E-state index contributed by atoms with van der Waals surface area (Å²) in [7, 11) is 0. The lowest BCUT2D eigenvalue weighted by molar-refractivity contribution is -0.133. The Morgan fingerprint density at radius 1 is 1.23 bits per heavy atom. The van der Waals surface area contributed by atoms with E-state index in [4.69, 9.17) is 5.73 Å². The molecule has 3 N–H and O–H groups in total.